The highest BCUT2D eigenvalue weighted by atomic mass is 79.9. The van der Waals surface area contributed by atoms with Crippen LogP contribution in [0.5, 0.6) is 0 Å². The third-order valence-electron chi connectivity index (χ3n) is 1.24. The minimum atomic E-state index is 0.695. The lowest BCUT2D eigenvalue weighted by Gasteiger charge is -1.95. The van der Waals surface area contributed by atoms with E-state index in [1.54, 1.807) is 16.9 Å². The molecule has 0 radical (unpaired) electrons. The zero-order chi connectivity index (χ0) is 7.84. The maximum atomic E-state index is 4.03. The molecule has 2 aromatic heterocycles. The van der Waals surface area contributed by atoms with E-state index < -0.39 is 0 Å². The first kappa shape index (κ1) is 7.17. The zero-order valence-electron chi connectivity index (χ0n) is 5.20. The van der Waals surface area contributed by atoms with Gasteiger partial charge in [0.15, 0.2) is 10.4 Å². The molecule has 56 valence electrons. The Morgan fingerprint density at radius 3 is 2.91 bits per heavy atom. The highest BCUT2D eigenvalue weighted by molar-refractivity contribution is 9.11. The number of halogens is 2. The number of hydrogen-bond donors (Lipinski definition) is 0. The predicted octanol–water partition coefficient (Wildman–Crippen LogP) is 1.65. The first-order valence-corrected chi connectivity index (χ1v) is 4.37. The minimum absolute atomic E-state index is 0.695. The van der Waals surface area contributed by atoms with Crippen LogP contribution in [-0.2, 0) is 0 Å². The van der Waals surface area contributed by atoms with Crippen LogP contribution < -0.4 is 0 Å². The smallest absolute Gasteiger partial charge is 0.184 e. The van der Waals surface area contributed by atoms with Crippen LogP contribution in [0, 0.1) is 0 Å². The van der Waals surface area contributed by atoms with Crippen LogP contribution in [0.25, 0.3) is 5.65 Å². The van der Waals surface area contributed by atoms with E-state index >= 15 is 0 Å². The van der Waals surface area contributed by atoms with Crippen molar-refractivity contribution in [2.24, 2.45) is 0 Å². The van der Waals surface area contributed by atoms with E-state index in [1.807, 2.05) is 0 Å². The molecule has 0 atom stereocenters. The minimum Gasteiger partial charge on any atom is -0.259 e. The number of fused-ring (bicyclic) bond motifs is 1. The lowest BCUT2D eigenvalue weighted by molar-refractivity contribution is 1.02. The summed E-state index contributed by atoms with van der Waals surface area (Å²) in [4.78, 5) is 4.03. The van der Waals surface area contributed by atoms with Crippen molar-refractivity contribution in [3.05, 3.63) is 21.7 Å². The molecule has 0 saturated carbocycles. The Balaban J connectivity index is 2.96. The van der Waals surface area contributed by atoms with Crippen LogP contribution in [0.3, 0.4) is 0 Å². The van der Waals surface area contributed by atoms with Crippen LogP contribution in [0.2, 0.25) is 0 Å². The fourth-order valence-corrected chi connectivity index (χ4v) is 1.50. The van der Waals surface area contributed by atoms with Crippen LogP contribution in [0.4, 0.5) is 0 Å². The maximum Gasteiger partial charge on any atom is 0.184 e. The third kappa shape index (κ3) is 1.06. The molecule has 0 aliphatic rings. The van der Waals surface area contributed by atoms with Gasteiger partial charge in [-0.25, -0.2) is 4.98 Å². The lowest BCUT2D eigenvalue weighted by Crippen LogP contribution is -1.89. The second-order valence-corrected chi connectivity index (χ2v) is 3.46. The Labute approximate surface area is 78.9 Å². The number of hydrogen-bond acceptors (Lipinski definition) is 3. The molecule has 0 unspecified atom stereocenters. The molecular weight excluding hydrogens is 276 g/mol. The topological polar surface area (TPSA) is 43.1 Å². The van der Waals surface area contributed by atoms with Crippen molar-refractivity contribution in [2.45, 2.75) is 0 Å². The highest BCUT2D eigenvalue weighted by Gasteiger charge is 2.03. The Kier molecular flexibility index (Phi) is 1.65. The van der Waals surface area contributed by atoms with E-state index in [0.717, 1.165) is 10.1 Å². The van der Waals surface area contributed by atoms with Crippen LogP contribution in [0.15, 0.2) is 21.7 Å². The largest absolute Gasteiger partial charge is 0.259 e. The van der Waals surface area contributed by atoms with Gasteiger partial charge in [-0.1, -0.05) is 0 Å². The average molecular weight is 278 g/mol. The van der Waals surface area contributed by atoms with Crippen LogP contribution in [0.1, 0.15) is 0 Å². The molecule has 11 heavy (non-hydrogen) atoms. The summed E-state index contributed by atoms with van der Waals surface area (Å²) >= 11 is 6.56. The average Bonchev–Trinajstić information content (AvgIpc) is 2.45. The van der Waals surface area contributed by atoms with Gasteiger partial charge in [0.2, 0.25) is 0 Å². The van der Waals surface area contributed by atoms with Crippen molar-refractivity contribution in [3.8, 4) is 0 Å². The molecule has 0 bridgehead atoms. The molecule has 2 rings (SSSR count). The zero-order valence-corrected chi connectivity index (χ0v) is 8.37. The van der Waals surface area contributed by atoms with Crippen molar-refractivity contribution in [2.75, 3.05) is 0 Å². The van der Waals surface area contributed by atoms with E-state index in [4.69, 9.17) is 0 Å². The summed E-state index contributed by atoms with van der Waals surface area (Å²) in [5.74, 6) is 0. The van der Waals surface area contributed by atoms with Gasteiger partial charge in [-0.05, 0) is 31.9 Å². The number of nitrogens with zero attached hydrogens (tertiary/aromatic N) is 4. The molecule has 4 nitrogen and oxygen atoms in total. The van der Waals surface area contributed by atoms with Crippen LogP contribution in [-0.4, -0.2) is 19.6 Å². The van der Waals surface area contributed by atoms with Crippen molar-refractivity contribution in [3.63, 3.8) is 0 Å². The van der Waals surface area contributed by atoms with Gasteiger partial charge in [-0.3, -0.25) is 4.40 Å². The van der Waals surface area contributed by atoms with Crippen molar-refractivity contribution in [1.82, 2.24) is 19.6 Å². The fourth-order valence-electron chi connectivity index (χ4n) is 0.763. The molecule has 2 heterocycles. The fraction of sp³-hybridized carbons (Fsp3) is 0. The van der Waals surface area contributed by atoms with Crippen molar-refractivity contribution < 1.29 is 0 Å². The Hall–Kier alpha value is -0.490. The molecule has 0 saturated heterocycles. The van der Waals surface area contributed by atoms with Crippen LogP contribution >= 0.6 is 31.9 Å². The summed E-state index contributed by atoms with van der Waals surface area (Å²) in [7, 11) is 0. The Morgan fingerprint density at radius 1 is 1.36 bits per heavy atom. The molecule has 2 aromatic rings. The van der Waals surface area contributed by atoms with E-state index in [-0.39, 0.29) is 0 Å². The highest BCUT2D eigenvalue weighted by Crippen LogP contribution is 2.17. The van der Waals surface area contributed by atoms with Gasteiger partial charge in [-0.15, -0.1) is 10.2 Å². The second-order valence-electron chi connectivity index (χ2n) is 1.90. The van der Waals surface area contributed by atoms with Gasteiger partial charge >= 0.3 is 0 Å². The number of aromatic nitrogens is 4. The first-order chi connectivity index (χ1) is 5.29. The summed E-state index contributed by atoms with van der Waals surface area (Å²) in [6.07, 6.45) is 3.27. The summed E-state index contributed by atoms with van der Waals surface area (Å²) in [6.45, 7) is 0. The number of rotatable bonds is 0. The lowest BCUT2D eigenvalue weighted by atomic mass is 10.6. The van der Waals surface area contributed by atoms with Crippen molar-refractivity contribution in [1.29, 1.82) is 0 Å². The molecule has 0 N–H and O–H groups in total. The van der Waals surface area contributed by atoms with Crippen molar-refractivity contribution >= 4 is 37.5 Å². The molecule has 0 aliphatic carbocycles. The van der Waals surface area contributed by atoms with E-state index in [0.29, 0.717) is 4.73 Å². The maximum absolute atomic E-state index is 4.03. The van der Waals surface area contributed by atoms with Gasteiger partial charge in [0, 0.05) is 6.20 Å². The Morgan fingerprint density at radius 2 is 2.18 bits per heavy atom. The van der Waals surface area contributed by atoms with Gasteiger partial charge in [0.25, 0.3) is 0 Å². The summed E-state index contributed by atoms with van der Waals surface area (Å²) in [6, 6.07) is 0. The standard InChI is InChI=1S/C5H2Br2N4/c6-3-1-8-5(7)11-2-9-10-4(3)11/h1-2H. The summed E-state index contributed by atoms with van der Waals surface area (Å²) in [5.41, 5.74) is 0.756. The first-order valence-electron chi connectivity index (χ1n) is 2.79. The molecule has 0 fully saturated rings. The van der Waals surface area contributed by atoms with E-state index in [2.05, 4.69) is 47.0 Å². The van der Waals surface area contributed by atoms with E-state index in [9.17, 15) is 0 Å². The van der Waals surface area contributed by atoms with Gasteiger partial charge in [-0.2, -0.15) is 0 Å². The molecule has 0 spiro atoms. The molecule has 0 aromatic carbocycles. The van der Waals surface area contributed by atoms with Gasteiger partial charge < -0.3 is 0 Å². The second kappa shape index (κ2) is 2.53. The molecule has 0 amide bonds. The summed E-state index contributed by atoms with van der Waals surface area (Å²) < 4.78 is 3.27. The molecular formula is C5H2Br2N4. The van der Waals surface area contributed by atoms with E-state index in [1.165, 1.54) is 0 Å². The third-order valence-corrected chi connectivity index (χ3v) is 2.39. The quantitative estimate of drug-likeness (QED) is 0.688. The predicted molar refractivity (Wildman–Crippen MR) is 46.2 cm³/mol. The normalized spacial score (nSPS) is 10.7. The molecule has 6 heteroatoms. The molecule has 0 aliphatic heterocycles. The Bertz CT molecular complexity index is 360. The van der Waals surface area contributed by atoms with Gasteiger partial charge in [0.05, 0.1) is 4.47 Å². The monoisotopic (exact) mass is 276 g/mol. The van der Waals surface area contributed by atoms with Gasteiger partial charge in [0.1, 0.15) is 6.33 Å². The summed E-state index contributed by atoms with van der Waals surface area (Å²) in [5, 5.41) is 7.61. The SMILES string of the molecule is Brc1cnc(Br)n2cnnc12.